The van der Waals surface area contributed by atoms with Crippen LogP contribution in [0.5, 0.6) is 0 Å². The fraction of sp³-hybridized carbons (Fsp3) is 0.0606. The van der Waals surface area contributed by atoms with Gasteiger partial charge in [0, 0.05) is 40.2 Å². The van der Waals surface area contributed by atoms with Gasteiger partial charge in [-0.05, 0) is 60.2 Å². The van der Waals surface area contributed by atoms with Gasteiger partial charge in [-0.15, -0.1) is 0 Å². The molecule has 0 radical (unpaired) electrons. The molecule has 6 nitrogen and oxygen atoms in total. The van der Waals surface area contributed by atoms with Gasteiger partial charge in [0.15, 0.2) is 0 Å². The first-order chi connectivity index (χ1) is 19.0. The molecule has 5 aromatic rings. The summed E-state index contributed by atoms with van der Waals surface area (Å²) in [6.45, 7) is 1.40. The Labute approximate surface area is 225 Å². The van der Waals surface area contributed by atoms with Gasteiger partial charge in [0.1, 0.15) is 6.61 Å². The Kier molecular flexibility index (Phi) is 6.13. The fourth-order valence-electron chi connectivity index (χ4n) is 5.06. The van der Waals surface area contributed by atoms with Crippen molar-refractivity contribution >= 4 is 51.3 Å². The third-order valence-corrected chi connectivity index (χ3v) is 6.77. The van der Waals surface area contributed by atoms with Crippen LogP contribution in [-0.2, 0) is 16.1 Å². The number of esters is 1. The van der Waals surface area contributed by atoms with Crippen molar-refractivity contribution < 1.29 is 19.1 Å². The molecule has 1 aliphatic rings. The quantitative estimate of drug-likeness (QED) is 0.178. The molecule has 0 aliphatic carbocycles. The summed E-state index contributed by atoms with van der Waals surface area (Å²) < 4.78 is 5.10. The summed E-state index contributed by atoms with van der Waals surface area (Å²) >= 11 is 0. The lowest BCUT2D eigenvalue weighted by Gasteiger charge is -2.31. The van der Waals surface area contributed by atoms with E-state index in [9.17, 15) is 14.4 Å². The number of benzene rings is 5. The van der Waals surface area contributed by atoms with E-state index in [-0.39, 0.29) is 6.61 Å². The van der Waals surface area contributed by atoms with Gasteiger partial charge in [0.25, 0.3) is 11.8 Å². The molecular formula is C33H24N2O4. The molecule has 190 valence electrons. The largest absolute Gasteiger partial charge is 0.461 e. The minimum Gasteiger partial charge on any atom is -0.461 e. The molecule has 0 N–H and O–H groups in total. The van der Waals surface area contributed by atoms with Gasteiger partial charge in [-0.3, -0.25) is 14.4 Å². The Morgan fingerprint density at radius 1 is 0.718 bits per heavy atom. The average Bonchev–Trinajstić information content (AvgIpc) is 2.97. The topological polar surface area (TPSA) is 66.9 Å². The molecule has 0 bridgehead atoms. The van der Waals surface area contributed by atoms with E-state index < -0.39 is 17.8 Å². The molecule has 5 aromatic carbocycles. The van der Waals surface area contributed by atoms with Crippen molar-refractivity contribution in [2.24, 2.45) is 0 Å². The highest BCUT2D eigenvalue weighted by Gasteiger charge is 2.35. The first-order valence-electron chi connectivity index (χ1n) is 12.6. The van der Waals surface area contributed by atoms with Gasteiger partial charge in [0.2, 0.25) is 0 Å². The maximum atomic E-state index is 13.8. The van der Waals surface area contributed by atoms with Crippen LogP contribution in [0.3, 0.4) is 0 Å². The normalized spacial score (nSPS) is 12.5. The number of hydrogen-bond acceptors (Lipinski definition) is 5. The van der Waals surface area contributed by atoms with Crippen LogP contribution in [-0.4, -0.2) is 17.8 Å². The van der Waals surface area contributed by atoms with Crippen LogP contribution >= 0.6 is 0 Å². The minimum absolute atomic E-state index is 0.0593. The van der Waals surface area contributed by atoms with E-state index in [2.05, 4.69) is 4.90 Å². The van der Waals surface area contributed by atoms with E-state index >= 15 is 0 Å². The summed E-state index contributed by atoms with van der Waals surface area (Å²) in [5.74, 6) is -1.20. The van der Waals surface area contributed by atoms with Gasteiger partial charge < -0.3 is 9.64 Å². The second-order valence-corrected chi connectivity index (χ2v) is 9.26. The van der Waals surface area contributed by atoms with Crippen molar-refractivity contribution in [2.75, 3.05) is 9.80 Å². The smallest absolute Gasteiger partial charge is 0.302 e. The third-order valence-electron chi connectivity index (χ3n) is 6.77. The fourth-order valence-corrected chi connectivity index (χ4v) is 5.06. The van der Waals surface area contributed by atoms with E-state index in [0.29, 0.717) is 27.8 Å². The van der Waals surface area contributed by atoms with Crippen LogP contribution in [0.1, 0.15) is 33.2 Å². The zero-order valence-electron chi connectivity index (χ0n) is 21.2. The Balaban J connectivity index is 1.49. The standard InChI is InChI=1S/C33H24N2O4/c1-22(36)39-21-23-10-8-15-26(20-23)35-32(37)28-17-9-16-27-30(19-18-29(31(27)28)33(35)38)34(24-11-4-2-5-12-24)25-13-6-3-7-14-25/h2-20H,21H2,1H3. The number of ether oxygens (including phenoxy) is 1. The number of carbonyl (C=O) groups excluding carboxylic acids is 3. The summed E-state index contributed by atoms with van der Waals surface area (Å²) in [6.07, 6.45) is 0. The van der Waals surface area contributed by atoms with Crippen molar-refractivity contribution in [3.63, 3.8) is 0 Å². The molecule has 39 heavy (non-hydrogen) atoms. The van der Waals surface area contributed by atoms with Gasteiger partial charge >= 0.3 is 5.97 Å². The number of hydrogen-bond donors (Lipinski definition) is 0. The van der Waals surface area contributed by atoms with Crippen LogP contribution in [0.25, 0.3) is 10.8 Å². The van der Waals surface area contributed by atoms with E-state index in [1.54, 1.807) is 36.4 Å². The molecule has 0 spiro atoms. The summed E-state index contributed by atoms with van der Waals surface area (Å²) in [5, 5.41) is 1.44. The SMILES string of the molecule is CC(=O)OCc1cccc(N2C(=O)c3cccc4c(N(c5ccccc5)c5ccccc5)ccc(c34)C2=O)c1. The highest BCUT2D eigenvalue weighted by molar-refractivity contribution is 6.36. The van der Waals surface area contributed by atoms with Gasteiger partial charge in [-0.1, -0.05) is 60.7 Å². The number of amides is 2. The second kappa shape index (κ2) is 9.91. The summed E-state index contributed by atoms with van der Waals surface area (Å²) in [5.41, 5.74) is 4.81. The Hall–Kier alpha value is -5.23. The van der Waals surface area contributed by atoms with E-state index in [1.165, 1.54) is 11.8 Å². The second-order valence-electron chi connectivity index (χ2n) is 9.26. The Morgan fingerprint density at radius 2 is 1.33 bits per heavy atom. The predicted molar refractivity (Wildman–Crippen MR) is 152 cm³/mol. The van der Waals surface area contributed by atoms with Crippen LogP contribution < -0.4 is 9.80 Å². The van der Waals surface area contributed by atoms with Crippen molar-refractivity contribution in [1.82, 2.24) is 0 Å². The number of carbonyl (C=O) groups is 3. The Morgan fingerprint density at radius 3 is 1.97 bits per heavy atom. The van der Waals surface area contributed by atoms with Gasteiger partial charge in [-0.2, -0.15) is 0 Å². The molecule has 6 rings (SSSR count). The van der Waals surface area contributed by atoms with Crippen molar-refractivity contribution in [1.29, 1.82) is 0 Å². The molecule has 1 aliphatic heterocycles. The first kappa shape index (κ1) is 24.1. The van der Waals surface area contributed by atoms with Crippen LogP contribution in [0, 0.1) is 0 Å². The van der Waals surface area contributed by atoms with Crippen molar-refractivity contribution in [3.05, 3.63) is 132 Å². The molecular weight excluding hydrogens is 488 g/mol. The lowest BCUT2D eigenvalue weighted by molar-refractivity contribution is -0.142. The summed E-state index contributed by atoms with van der Waals surface area (Å²) in [4.78, 5) is 42.2. The van der Waals surface area contributed by atoms with Crippen LogP contribution in [0.15, 0.2) is 115 Å². The average molecular weight is 513 g/mol. The zero-order chi connectivity index (χ0) is 26.9. The van der Waals surface area contributed by atoms with Gasteiger partial charge in [0.05, 0.1) is 11.4 Å². The van der Waals surface area contributed by atoms with Gasteiger partial charge in [-0.25, -0.2) is 4.90 Å². The minimum atomic E-state index is -0.401. The molecule has 1 heterocycles. The maximum absolute atomic E-state index is 13.8. The number of anilines is 4. The lowest BCUT2D eigenvalue weighted by atomic mass is 9.92. The van der Waals surface area contributed by atoms with E-state index in [1.807, 2.05) is 78.9 Å². The highest BCUT2D eigenvalue weighted by Crippen LogP contribution is 2.42. The molecule has 0 aromatic heterocycles. The molecule has 0 saturated carbocycles. The van der Waals surface area contributed by atoms with Crippen molar-refractivity contribution in [2.45, 2.75) is 13.5 Å². The monoisotopic (exact) mass is 512 g/mol. The van der Waals surface area contributed by atoms with E-state index in [0.717, 1.165) is 22.4 Å². The van der Waals surface area contributed by atoms with Crippen molar-refractivity contribution in [3.8, 4) is 0 Å². The zero-order valence-corrected chi connectivity index (χ0v) is 21.2. The first-order valence-corrected chi connectivity index (χ1v) is 12.6. The molecule has 6 heteroatoms. The lowest BCUT2D eigenvalue weighted by Crippen LogP contribution is -2.40. The molecule has 0 atom stereocenters. The number of imide groups is 1. The molecule has 0 fully saturated rings. The third kappa shape index (κ3) is 4.32. The molecule has 0 unspecified atom stereocenters. The van der Waals surface area contributed by atoms with Crippen LogP contribution in [0.2, 0.25) is 0 Å². The number of nitrogens with zero attached hydrogens (tertiary/aromatic N) is 2. The Bertz CT molecular complexity index is 1670. The highest BCUT2D eigenvalue weighted by atomic mass is 16.5. The maximum Gasteiger partial charge on any atom is 0.302 e. The van der Waals surface area contributed by atoms with E-state index in [4.69, 9.17) is 4.74 Å². The predicted octanol–water partition coefficient (Wildman–Crippen LogP) is 7.17. The number of rotatable bonds is 6. The number of para-hydroxylation sites is 2. The van der Waals surface area contributed by atoms with Crippen LogP contribution in [0.4, 0.5) is 22.7 Å². The molecule has 2 amide bonds. The summed E-state index contributed by atoms with van der Waals surface area (Å²) in [7, 11) is 0. The molecule has 0 saturated heterocycles. The summed E-state index contributed by atoms with van der Waals surface area (Å²) in [6, 6.07) is 36.2.